The molecule has 1 aromatic heterocycles. The summed E-state index contributed by atoms with van der Waals surface area (Å²) < 4.78 is 0. The fourth-order valence-corrected chi connectivity index (χ4v) is 1.09. The van der Waals surface area contributed by atoms with Crippen molar-refractivity contribution in [2.75, 3.05) is 0 Å². The van der Waals surface area contributed by atoms with Crippen LogP contribution < -0.4 is 0 Å². The van der Waals surface area contributed by atoms with Crippen LogP contribution in [0, 0.1) is 5.92 Å². The molecular formula is C10H11NO3. The van der Waals surface area contributed by atoms with Gasteiger partial charge >= 0.3 is 5.97 Å². The van der Waals surface area contributed by atoms with E-state index in [9.17, 15) is 9.59 Å². The fraction of sp³-hybridized carbons (Fsp3) is 0.300. The second kappa shape index (κ2) is 4.50. The molecule has 0 amide bonds. The lowest BCUT2D eigenvalue weighted by atomic mass is 10.0. The summed E-state index contributed by atoms with van der Waals surface area (Å²) in [6, 6.07) is 3.12. The molecule has 1 N–H and O–H groups in total. The van der Waals surface area contributed by atoms with Gasteiger partial charge in [-0.15, -0.1) is 0 Å². The first-order valence-electron chi connectivity index (χ1n) is 4.27. The first kappa shape index (κ1) is 10.4. The molecular weight excluding hydrogens is 182 g/mol. The van der Waals surface area contributed by atoms with Gasteiger partial charge < -0.3 is 9.90 Å². The van der Waals surface area contributed by atoms with Gasteiger partial charge in [0, 0.05) is 12.1 Å². The molecule has 0 saturated heterocycles. The molecule has 1 rings (SSSR count). The zero-order chi connectivity index (χ0) is 10.6. The van der Waals surface area contributed by atoms with Crippen molar-refractivity contribution >= 4 is 12.3 Å². The number of carbonyl (C=O) groups is 2. The first-order chi connectivity index (χ1) is 6.63. The third kappa shape index (κ3) is 2.65. The van der Waals surface area contributed by atoms with Crippen molar-refractivity contribution in [2.24, 2.45) is 5.92 Å². The summed E-state index contributed by atoms with van der Waals surface area (Å²) in [6.45, 7) is 1.80. The van der Waals surface area contributed by atoms with E-state index in [-0.39, 0.29) is 11.6 Å². The van der Waals surface area contributed by atoms with Crippen LogP contribution in [0.25, 0.3) is 0 Å². The number of carboxylic acid groups (broad SMARTS) is 1. The normalized spacial score (nSPS) is 12.1. The molecule has 0 aliphatic rings. The molecule has 1 unspecified atom stereocenters. The number of hydrogen-bond donors (Lipinski definition) is 1. The van der Waals surface area contributed by atoms with E-state index < -0.39 is 5.97 Å². The third-order valence-electron chi connectivity index (χ3n) is 1.83. The molecule has 4 heteroatoms. The van der Waals surface area contributed by atoms with Gasteiger partial charge in [-0.2, -0.15) is 0 Å². The molecule has 14 heavy (non-hydrogen) atoms. The van der Waals surface area contributed by atoms with Crippen molar-refractivity contribution in [3.63, 3.8) is 0 Å². The SMILES string of the molecule is CC(C=O)Cc1ccc(C(=O)O)nc1. The standard InChI is InChI=1S/C10H11NO3/c1-7(6-12)4-8-2-3-9(10(13)14)11-5-8/h2-3,5-7H,4H2,1H3,(H,13,14). The van der Waals surface area contributed by atoms with Crippen LogP contribution in [0.5, 0.6) is 0 Å². The molecule has 0 fully saturated rings. The Hall–Kier alpha value is -1.71. The van der Waals surface area contributed by atoms with Gasteiger partial charge in [-0.1, -0.05) is 13.0 Å². The molecule has 0 aliphatic heterocycles. The highest BCUT2D eigenvalue weighted by Gasteiger charge is 2.05. The Bertz CT molecular complexity index is 332. The second-order valence-corrected chi connectivity index (χ2v) is 3.17. The number of aromatic carboxylic acids is 1. The molecule has 1 aromatic rings. The van der Waals surface area contributed by atoms with Crippen LogP contribution in [0.1, 0.15) is 23.0 Å². The van der Waals surface area contributed by atoms with Crippen molar-refractivity contribution < 1.29 is 14.7 Å². The average molecular weight is 193 g/mol. The smallest absolute Gasteiger partial charge is 0.354 e. The maximum Gasteiger partial charge on any atom is 0.354 e. The van der Waals surface area contributed by atoms with Gasteiger partial charge in [0.25, 0.3) is 0 Å². The van der Waals surface area contributed by atoms with Gasteiger partial charge in [0.1, 0.15) is 12.0 Å². The Balaban J connectivity index is 2.73. The molecule has 74 valence electrons. The number of nitrogens with zero attached hydrogens (tertiary/aromatic N) is 1. The summed E-state index contributed by atoms with van der Waals surface area (Å²) in [5.41, 5.74) is 0.891. The van der Waals surface area contributed by atoms with Crippen LogP contribution in [0.3, 0.4) is 0 Å². The predicted octanol–water partition coefficient (Wildman–Crippen LogP) is 1.16. The molecule has 0 bridgehead atoms. The lowest BCUT2D eigenvalue weighted by Crippen LogP contribution is -2.04. The number of aromatic nitrogens is 1. The van der Waals surface area contributed by atoms with E-state index in [2.05, 4.69) is 4.98 Å². The predicted molar refractivity (Wildman–Crippen MR) is 50.1 cm³/mol. The van der Waals surface area contributed by atoms with Crippen LogP contribution in [-0.4, -0.2) is 22.3 Å². The van der Waals surface area contributed by atoms with Crippen molar-refractivity contribution in [1.82, 2.24) is 4.98 Å². The van der Waals surface area contributed by atoms with Crippen LogP contribution in [0.15, 0.2) is 18.3 Å². The number of rotatable bonds is 4. The monoisotopic (exact) mass is 193 g/mol. The molecule has 0 radical (unpaired) electrons. The van der Waals surface area contributed by atoms with Gasteiger partial charge in [0.15, 0.2) is 0 Å². The zero-order valence-electron chi connectivity index (χ0n) is 7.80. The van der Waals surface area contributed by atoms with Crippen LogP contribution >= 0.6 is 0 Å². The Morgan fingerprint density at radius 2 is 2.36 bits per heavy atom. The van der Waals surface area contributed by atoms with E-state index in [4.69, 9.17) is 5.11 Å². The minimum absolute atomic E-state index is 0.0208. The summed E-state index contributed by atoms with van der Waals surface area (Å²) >= 11 is 0. The summed E-state index contributed by atoms with van der Waals surface area (Å²) in [5, 5.41) is 8.59. The summed E-state index contributed by atoms with van der Waals surface area (Å²) in [4.78, 5) is 24.6. The summed E-state index contributed by atoms with van der Waals surface area (Å²) in [7, 11) is 0. The maximum atomic E-state index is 10.5. The van der Waals surface area contributed by atoms with Crippen molar-refractivity contribution in [2.45, 2.75) is 13.3 Å². The molecule has 0 aliphatic carbocycles. The van der Waals surface area contributed by atoms with Gasteiger partial charge in [-0.3, -0.25) is 0 Å². The zero-order valence-corrected chi connectivity index (χ0v) is 7.80. The van der Waals surface area contributed by atoms with E-state index in [1.807, 2.05) is 0 Å². The Kier molecular flexibility index (Phi) is 3.34. The van der Waals surface area contributed by atoms with Crippen LogP contribution in [-0.2, 0) is 11.2 Å². The average Bonchev–Trinajstić information content (AvgIpc) is 2.18. The van der Waals surface area contributed by atoms with Crippen molar-refractivity contribution in [3.05, 3.63) is 29.6 Å². The van der Waals surface area contributed by atoms with Gasteiger partial charge in [-0.05, 0) is 18.1 Å². The number of carboxylic acids is 1. The van der Waals surface area contributed by atoms with Crippen molar-refractivity contribution in [1.29, 1.82) is 0 Å². The second-order valence-electron chi connectivity index (χ2n) is 3.17. The molecule has 0 aromatic carbocycles. The molecule has 0 saturated carbocycles. The number of aldehydes is 1. The number of hydrogen-bond acceptors (Lipinski definition) is 3. The van der Waals surface area contributed by atoms with Gasteiger partial charge in [0.05, 0.1) is 0 Å². The lowest BCUT2D eigenvalue weighted by molar-refractivity contribution is -0.110. The topological polar surface area (TPSA) is 67.3 Å². The van der Waals surface area contributed by atoms with Gasteiger partial charge in [-0.25, -0.2) is 9.78 Å². The van der Waals surface area contributed by atoms with E-state index in [1.165, 1.54) is 12.3 Å². The Labute approximate surface area is 81.6 Å². The van der Waals surface area contributed by atoms with E-state index >= 15 is 0 Å². The summed E-state index contributed by atoms with van der Waals surface area (Å²) in [6.07, 6.45) is 2.95. The van der Waals surface area contributed by atoms with E-state index in [0.29, 0.717) is 6.42 Å². The quantitative estimate of drug-likeness (QED) is 0.728. The first-order valence-corrected chi connectivity index (χ1v) is 4.27. The minimum Gasteiger partial charge on any atom is -0.477 e. The molecule has 1 heterocycles. The maximum absolute atomic E-state index is 10.5. The molecule has 1 atom stereocenters. The fourth-order valence-electron chi connectivity index (χ4n) is 1.09. The van der Waals surface area contributed by atoms with Crippen LogP contribution in [0.2, 0.25) is 0 Å². The van der Waals surface area contributed by atoms with Gasteiger partial charge in [0.2, 0.25) is 0 Å². The number of pyridine rings is 1. The number of carbonyl (C=O) groups excluding carboxylic acids is 1. The highest BCUT2D eigenvalue weighted by molar-refractivity contribution is 5.85. The summed E-state index contributed by atoms with van der Waals surface area (Å²) in [5.74, 6) is -1.10. The third-order valence-corrected chi connectivity index (χ3v) is 1.83. The Morgan fingerprint density at radius 1 is 1.64 bits per heavy atom. The van der Waals surface area contributed by atoms with E-state index in [0.717, 1.165) is 11.8 Å². The lowest BCUT2D eigenvalue weighted by Gasteiger charge is -2.02. The van der Waals surface area contributed by atoms with Crippen molar-refractivity contribution in [3.8, 4) is 0 Å². The molecule has 0 spiro atoms. The minimum atomic E-state index is -1.04. The van der Waals surface area contributed by atoms with Crippen LogP contribution in [0.4, 0.5) is 0 Å². The highest BCUT2D eigenvalue weighted by Crippen LogP contribution is 2.06. The van der Waals surface area contributed by atoms with E-state index in [1.54, 1.807) is 13.0 Å². The highest BCUT2D eigenvalue weighted by atomic mass is 16.4. The molecule has 4 nitrogen and oxygen atoms in total. The Morgan fingerprint density at radius 3 is 2.79 bits per heavy atom. The largest absolute Gasteiger partial charge is 0.477 e.